The predicted octanol–water partition coefficient (Wildman–Crippen LogP) is 2.39. The van der Waals surface area contributed by atoms with Crippen LogP contribution in [0, 0.1) is 13.8 Å². The number of nitrogens with zero attached hydrogens (tertiary/aromatic N) is 2. The third-order valence-corrected chi connectivity index (χ3v) is 3.32. The number of aryl methyl sites for hydroxylation is 2. The lowest BCUT2D eigenvalue weighted by Crippen LogP contribution is -2.07. The highest BCUT2D eigenvalue weighted by Gasteiger charge is 2.00. The van der Waals surface area contributed by atoms with Crippen molar-refractivity contribution in [1.82, 2.24) is 9.97 Å². The lowest BCUT2D eigenvalue weighted by atomic mass is 10.2. The summed E-state index contributed by atoms with van der Waals surface area (Å²) in [5, 5.41) is 6.44. The second kappa shape index (κ2) is 5.14. The quantitative estimate of drug-likeness (QED) is 0.872. The van der Waals surface area contributed by atoms with Crippen molar-refractivity contribution in [3.63, 3.8) is 0 Å². The molecule has 90 valence electrons. The van der Waals surface area contributed by atoms with Crippen LogP contribution in [0.25, 0.3) is 0 Å². The molecule has 0 saturated heterocycles. The van der Waals surface area contributed by atoms with E-state index in [9.17, 15) is 0 Å². The van der Waals surface area contributed by atoms with Gasteiger partial charge in [0.2, 0.25) is 0 Å². The van der Waals surface area contributed by atoms with Crippen LogP contribution >= 0.6 is 11.3 Å². The van der Waals surface area contributed by atoms with Gasteiger partial charge >= 0.3 is 0 Å². The summed E-state index contributed by atoms with van der Waals surface area (Å²) in [6.45, 7) is 4.78. The second-order valence-electron chi connectivity index (χ2n) is 3.96. The molecule has 17 heavy (non-hydrogen) atoms. The smallest absolute Gasteiger partial charge is 0.127 e. The van der Waals surface area contributed by atoms with Gasteiger partial charge < -0.3 is 11.1 Å². The number of pyridine rings is 1. The van der Waals surface area contributed by atoms with E-state index in [2.05, 4.69) is 20.7 Å². The first-order valence-electron chi connectivity index (χ1n) is 5.52. The molecule has 0 aromatic carbocycles. The Morgan fingerprint density at radius 3 is 2.88 bits per heavy atom. The SMILES string of the molecule is Cc1nc(CCNc2cc(N)c(C)cn2)cs1. The van der Waals surface area contributed by atoms with Crippen LogP contribution in [-0.2, 0) is 6.42 Å². The highest BCUT2D eigenvalue weighted by atomic mass is 32.1. The molecule has 2 heterocycles. The van der Waals surface area contributed by atoms with Crippen LogP contribution < -0.4 is 11.1 Å². The maximum atomic E-state index is 5.82. The molecular formula is C12H16N4S. The van der Waals surface area contributed by atoms with Gasteiger partial charge in [-0.05, 0) is 19.4 Å². The van der Waals surface area contributed by atoms with Gasteiger partial charge in [-0.1, -0.05) is 0 Å². The number of rotatable bonds is 4. The number of hydrogen-bond acceptors (Lipinski definition) is 5. The Morgan fingerprint density at radius 2 is 2.24 bits per heavy atom. The van der Waals surface area contributed by atoms with E-state index in [1.54, 1.807) is 17.5 Å². The molecule has 3 N–H and O–H groups in total. The predicted molar refractivity (Wildman–Crippen MR) is 72.4 cm³/mol. The fourth-order valence-electron chi connectivity index (χ4n) is 1.48. The lowest BCUT2D eigenvalue weighted by molar-refractivity contribution is 0.960. The van der Waals surface area contributed by atoms with Crippen molar-refractivity contribution < 1.29 is 0 Å². The van der Waals surface area contributed by atoms with E-state index in [0.717, 1.165) is 40.7 Å². The number of hydrogen-bond donors (Lipinski definition) is 2. The zero-order valence-electron chi connectivity index (χ0n) is 10.0. The minimum Gasteiger partial charge on any atom is -0.398 e. The van der Waals surface area contributed by atoms with Gasteiger partial charge in [0.25, 0.3) is 0 Å². The molecule has 2 aromatic rings. The first-order chi connectivity index (χ1) is 8.15. The normalized spacial score (nSPS) is 10.5. The van der Waals surface area contributed by atoms with Crippen molar-refractivity contribution in [2.24, 2.45) is 0 Å². The molecule has 0 saturated carbocycles. The van der Waals surface area contributed by atoms with E-state index >= 15 is 0 Å². The molecule has 2 aromatic heterocycles. The van der Waals surface area contributed by atoms with Gasteiger partial charge in [-0.3, -0.25) is 0 Å². The van der Waals surface area contributed by atoms with E-state index in [0.29, 0.717) is 0 Å². The molecular weight excluding hydrogens is 232 g/mol. The van der Waals surface area contributed by atoms with Crippen molar-refractivity contribution in [1.29, 1.82) is 0 Å². The standard InChI is InChI=1S/C12H16N4S/c1-8-6-15-12(5-11(8)13)14-4-3-10-7-17-9(2)16-10/h5-7H,3-4H2,1-2H3,(H3,13,14,15). The Morgan fingerprint density at radius 1 is 1.41 bits per heavy atom. The summed E-state index contributed by atoms with van der Waals surface area (Å²) < 4.78 is 0. The molecule has 0 aliphatic rings. The van der Waals surface area contributed by atoms with Gasteiger partial charge in [-0.25, -0.2) is 9.97 Å². The van der Waals surface area contributed by atoms with E-state index in [1.807, 2.05) is 19.9 Å². The summed E-state index contributed by atoms with van der Waals surface area (Å²) in [5.41, 5.74) is 8.72. The fourth-order valence-corrected chi connectivity index (χ4v) is 2.12. The van der Waals surface area contributed by atoms with Crippen LogP contribution in [0.3, 0.4) is 0 Å². The third kappa shape index (κ3) is 3.17. The molecule has 4 nitrogen and oxygen atoms in total. The summed E-state index contributed by atoms with van der Waals surface area (Å²) >= 11 is 1.68. The summed E-state index contributed by atoms with van der Waals surface area (Å²) in [4.78, 5) is 8.67. The maximum absolute atomic E-state index is 5.82. The fraction of sp³-hybridized carbons (Fsp3) is 0.333. The minimum atomic E-state index is 0.770. The van der Waals surface area contributed by atoms with E-state index in [4.69, 9.17) is 5.73 Å². The summed E-state index contributed by atoms with van der Waals surface area (Å²) in [6, 6.07) is 1.86. The number of nitrogens with one attached hydrogen (secondary N) is 1. The number of thiazole rings is 1. The number of nitrogen functional groups attached to an aromatic ring is 1. The average Bonchev–Trinajstić information content (AvgIpc) is 2.70. The molecule has 0 atom stereocenters. The van der Waals surface area contributed by atoms with Crippen LogP contribution in [0.5, 0.6) is 0 Å². The van der Waals surface area contributed by atoms with E-state index < -0.39 is 0 Å². The molecule has 0 bridgehead atoms. The Labute approximate surface area is 105 Å². The molecule has 5 heteroatoms. The van der Waals surface area contributed by atoms with Gasteiger partial charge in [0.15, 0.2) is 0 Å². The Hall–Kier alpha value is -1.62. The van der Waals surface area contributed by atoms with E-state index in [-0.39, 0.29) is 0 Å². The molecule has 0 aliphatic heterocycles. The second-order valence-corrected chi connectivity index (χ2v) is 5.02. The van der Waals surface area contributed by atoms with Crippen molar-refractivity contribution in [2.45, 2.75) is 20.3 Å². The Bertz CT molecular complexity index is 507. The number of aromatic nitrogens is 2. The third-order valence-electron chi connectivity index (χ3n) is 2.50. The topological polar surface area (TPSA) is 63.8 Å². The first-order valence-corrected chi connectivity index (χ1v) is 6.40. The summed E-state index contributed by atoms with van der Waals surface area (Å²) in [5.74, 6) is 0.819. The van der Waals surface area contributed by atoms with Gasteiger partial charge in [0.1, 0.15) is 5.82 Å². The first kappa shape index (κ1) is 11.9. The highest BCUT2D eigenvalue weighted by Crippen LogP contribution is 2.14. The van der Waals surface area contributed by atoms with Crippen LogP contribution in [0.1, 0.15) is 16.3 Å². The van der Waals surface area contributed by atoms with Crippen LogP contribution in [-0.4, -0.2) is 16.5 Å². The lowest BCUT2D eigenvalue weighted by Gasteiger charge is -2.06. The Kier molecular flexibility index (Phi) is 3.58. The largest absolute Gasteiger partial charge is 0.398 e. The zero-order valence-corrected chi connectivity index (χ0v) is 10.8. The molecule has 0 fully saturated rings. The van der Waals surface area contributed by atoms with E-state index in [1.165, 1.54) is 0 Å². The molecule has 0 radical (unpaired) electrons. The van der Waals surface area contributed by atoms with Gasteiger partial charge in [0.05, 0.1) is 10.7 Å². The van der Waals surface area contributed by atoms with Crippen LogP contribution in [0.15, 0.2) is 17.6 Å². The molecule has 0 amide bonds. The zero-order chi connectivity index (χ0) is 12.3. The van der Waals surface area contributed by atoms with Gasteiger partial charge in [0, 0.05) is 36.3 Å². The monoisotopic (exact) mass is 248 g/mol. The average molecular weight is 248 g/mol. The van der Waals surface area contributed by atoms with Crippen molar-refractivity contribution in [2.75, 3.05) is 17.6 Å². The number of anilines is 2. The highest BCUT2D eigenvalue weighted by molar-refractivity contribution is 7.09. The molecule has 2 rings (SSSR count). The van der Waals surface area contributed by atoms with Gasteiger partial charge in [-0.15, -0.1) is 11.3 Å². The summed E-state index contributed by atoms with van der Waals surface area (Å²) in [7, 11) is 0. The molecule has 0 aliphatic carbocycles. The maximum Gasteiger partial charge on any atom is 0.127 e. The number of nitrogens with two attached hydrogens (primary N) is 1. The molecule has 0 spiro atoms. The minimum absolute atomic E-state index is 0.770. The van der Waals surface area contributed by atoms with Crippen LogP contribution in [0.4, 0.5) is 11.5 Å². The summed E-state index contributed by atoms with van der Waals surface area (Å²) in [6.07, 6.45) is 2.68. The van der Waals surface area contributed by atoms with Crippen molar-refractivity contribution >= 4 is 22.8 Å². The van der Waals surface area contributed by atoms with Crippen molar-refractivity contribution in [3.05, 3.63) is 33.9 Å². The molecule has 0 unspecified atom stereocenters. The Balaban J connectivity index is 1.87. The van der Waals surface area contributed by atoms with Gasteiger partial charge in [-0.2, -0.15) is 0 Å². The van der Waals surface area contributed by atoms with Crippen molar-refractivity contribution in [3.8, 4) is 0 Å². The van der Waals surface area contributed by atoms with Crippen LogP contribution in [0.2, 0.25) is 0 Å².